The number of fused-ring (bicyclic) bond motifs is 5. The Morgan fingerprint density at radius 2 is 1.96 bits per heavy atom. The van der Waals surface area contributed by atoms with Gasteiger partial charge in [-0.3, -0.25) is 0 Å². The van der Waals surface area contributed by atoms with Crippen molar-refractivity contribution in [3.8, 4) is 0 Å². The van der Waals surface area contributed by atoms with Gasteiger partial charge in [-0.2, -0.15) is 0 Å². The number of hydrogen-bond acceptors (Lipinski definition) is 4. The predicted molar refractivity (Wildman–Crippen MR) is 93.1 cm³/mol. The highest BCUT2D eigenvalue weighted by Gasteiger charge is 2.65. The minimum absolute atomic E-state index is 0.00626. The minimum Gasteiger partial charge on any atom is -0.393 e. The molecule has 0 bridgehead atoms. The van der Waals surface area contributed by atoms with Gasteiger partial charge in [0.05, 0.1) is 17.8 Å². The lowest BCUT2D eigenvalue weighted by molar-refractivity contribution is -0.165. The fraction of sp³-hybridized carbons (Fsp3) is 0.900. The van der Waals surface area contributed by atoms with Gasteiger partial charge in [-0.25, -0.2) is 0 Å². The highest BCUT2D eigenvalue weighted by molar-refractivity contribution is 5.27. The average Bonchev–Trinajstić information content (AvgIpc) is 2.79. The van der Waals surface area contributed by atoms with Crippen molar-refractivity contribution in [2.45, 2.75) is 76.6 Å². The second kappa shape index (κ2) is 5.29. The number of aliphatic hydroxyl groups excluding tert-OH is 2. The maximum atomic E-state index is 11.2. The first-order valence-electron chi connectivity index (χ1n) is 9.73. The molecule has 24 heavy (non-hydrogen) atoms. The van der Waals surface area contributed by atoms with Crippen molar-refractivity contribution >= 4 is 0 Å². The van der Waals surface area contributed by atoms with Crippen LogP contribution >= 0.6 is 0 Å². The number of nitrogens with two attached hydrogens (primary N) is 1. The molecule has 4 nitrogen and oxygen atoms in total. The molecule has 0 heterocycles. The molecule has 0 amide bonds. The van der Waals surface area contributed by atoms with Gasteiger partial charge in [-0.05, 0) is 68.1 Å². The van der Waals surface area contributed by atoms with Crippen molar-refractivity contribution in [1.29, 1.82) is 0 Å². The Morgan fingerprint density at radius 1 is 1.21 bits per heavy atom. The van der Waals surface area contributed by atoms with E-state index < -0.39 is 11.7 Å². The van der Waals surface area contributed by atoms with E-state index in [1.807, 2.05) is 0 Å². The van der Waals surface area contributed by atoms with Crippen LogP contribution in [0.5, 0.6) is 0 Å². The molecule has 5 N–H and O–H groups in total. The van der Waals surface area contributed by atoms with E-state index in [9.17, 15) is 15.3 Å². The highest BCUT2D eigenvalue weighted by Crippen LogP contribution is 2.66. The van der Waals surface area contributed by atoms with Gasteiger partial charge < -0.3 is 21.1 Å². The molecule has 3 fully saturated rings. The lowest BCUT2D eigenvalue weighted by Crippen LogP contribution is -2.61. The van der Waals surface area contributed by atoms with E-state index in [2.05, 4.69) is 19.9 Å². The van der Waals surface area contributed by atoms with E-state index in [1.165, 1.54) is 5.57 Å². The van der Waals surface area contributed by atoms with Crippen LogP contribution in [0.25, 0.3) is 0 Å². The summed E-state index contributed by atoms with van der Waals surface area (Å²) in [6.45, 7) is 4.75. The summed E-state index contributed by atoms with van der Waals surface area (Å²) in [5, 5.41) is 32.3. The van der Waals surface area contributed by atoms with Gasteiger partial charge in [0.2, 0.25) is 0 Å². The highest BCUT2D eigenvalue weighted by atomic mass is 16.3. The van der Waals surface area contributed by atoms with E-state index in [1.54, 1.807) is 0 Å². The first-order chi connectivity index (χ1) is 11.2. The molecule has 0 aromatic carbocycles. The summed E-state index contributed by atoms with van der Waals surface area (Å²) < 4.78 is 0. The monoisotopic (exact) mass is 335 g/mol. The summed E-state index contributed by atoms with van der Waals surface area (Å²) in [7, 11) is 0. The molecular formula is C20H33NO3. The van der Waals surface area contributed by atoms with Gasteiger partial charge in [0.15, 0.2) is 0 Å². The zero-order chi connectivity index (χ0) is 17.3. The van der Waals surface area contributed by atoms with Gasteiger partial charge in [0, 0.05) is 12.0 Å². The van der Waals surface area contributed by atoms with Crippen LogP contribution in [0.3, 0.4) is 0 Å². The predicted octanol–water partition coefficient (Wildman–Crippen LogP) is 1.97. The maximum Gasteiger partial charge on any atom is 0.0826 e. The quantitative estimate of drug-likeness (QED) is 0.552. The maximum absolute atomic E-state index is 11.2. The molecule has 3 saturated carbocycles. The van der Waals surface area contributed by atoms with Crippen LogP contribution in [0, 0.1) is 28.6 Å². The Morgan fingerprint density at radius 3 is 2.67 bits per heavy atom. The van der Waals surface area contributed by atoms with Gasteiger partial charge in [0.25, 0.3) is 0 Å². The molecule has 0 aromatic heterocycles. The molecule has 0 saturated heterocycles. The fourth-order valence-electron chi connectivity index (χ4n) is 7.20. The zero-order valence-corrected chi connectivity index (χ0v) is 15.0. The molecule has 136 valence electrons. The third kappa shape index (κ3) is 2.00. The van der Waals surface area contributed by atoms with Crippen molar-refractivity contribution in [2.75, 3.05) is 6.54 Å². The van der Waals surface area contributed by atoms with Crippen LogP contribution < -0.4 is 5.73 Å². The van der Waals surface area contributed by atoms with Crippen LogP contribution in [0.1, 0.15) is 58.8 Å². The molecule has 3 unspecified atom stereocenters. The van der Waals surface area contributed by atoms with E-state index in [0.29, 0.717) is 18.3 Å². The zero-order valence-electron chi connectivity index (χ0n) is 15.0. The smallest absolute Gasteiger partial charge is 0.0826 e. The number of aliphatic hydroxyl groups is 3. The first kappa shape index (κ1) is 17.0. The van der Waals surface area contributed by atoms with Gasteiger partial charge in [-0.15, -0.1) is 0 Å². The molecule has 4 aliphatic carbocycles. The van der Waals surface area contributed by atoms with E-state index in [-0.39, 0.29) is 29.4 Å². The average molecular weight is 335 g/mol. The lowest BCUT2D eigenvalue weighted by Gasteiger charge is -2.60. The van der Waals surface area contributed by atoms with Gasteiger partial charge in [0.1, 0.15) is 0 Å². The standard InChI is InChI=1S/C20H33NO3/c1-18-7-5-13(22)9-12(18)3-4-14-15-6-8-20(24,11-21)19(15,2)10-16(23)17(14)18/h3,13-17,22-24H,4-11,21H2,1-2H3/t13?,14-,15-,16?,17-,18-,19-,20?/m0/s1. The Balaban J connectivity index is 1.73. The normalized spacial score (nSPS) is 56.9. The lowest BCUT2D eigenvalue weighted by atomic mass is 9.46. The molecular weight excluding hydrogens is 302 g/mol. The van der Waals surface area contributed by atoms with Crippen LogP contribution in [0.2, 0.25) is 0 Å². The van der Waals surface area contributed by atoms with Gasteiger partial charge >= 0.3 is 0 Å². The van der Waals surface area contributed by atoms with Crippen molar-refractivity contribution in [3.05, 3.63) is 11.6 Å². The van der Waals surface area contributed by atoms with Crippen molar-refractivity contribution in [1.82, 2.24) is 0 Å². The van der Waals surface area contributed by atoms with Crippen LogP contribution in [0.15, 0.2) is 11.6 Å². The molecule has 4 heteroatoms. The summed E-state index contributed by atoms with van der Waals surface area (Å²) in [4.78, 5) is 0. The summed E-state index contributed by atoms with van der Waals surface area (Å²) in [5.41, 5.74) is 6.20. The molecule has 0 aromatic rings. The summed E-state index contributed by atoms with van der Waals surface area (Å²) in [6, 6.07) is 0. The third-order valence-electron chi connectivity index (χ3n) is 8.67. The molecule has 4 rings (SSSR count). The second-order valence-electron chi connectivity index (χ2n) is 9.54. The fourth-order valence-corrected chi connectivity index (χ4v) is 7.20. The molecule has 8 atom stereocenters. The van der Waals surface area contributed by atoms with E-state index in [4.69, 9.17) is 5.73 Å². The molecule has 0 aliphatic heterocycles. The molecule has 0 radical (unpaired) electrons. The first-order valence-corrected chi connectivity index (χ1v) is 9.73. The minimum atomic E-state index is -0.836. The van der Waals surface area contributed by atoms with Crippen molar-refractivity contribution in [2.24, 2.45) is 34.3 Å². The third-order valence-corrected chi connectivity index (χ3v) is 8.67. The number of rotatable bonds is 1. The summed E-state index contributed by atoms with van der Waals surface area (Å²) in [5.74, 6) is 1.10. The Bertz CT molecular complexity index is 563. The SMILES string of the molecule is C[C@]12CCC(O)CC1=CC[C@@H]1[C@H]2C(O)C[C@@]2(C)[C@H]1CCC2(O)CN. The summed E-state index contributed by atoms with van der Waals surface area (Å²) in [6.07, 6.45) is 7.69. The van der Waals surface area contributed by atoms with E-state index >= 15 is 0 Å². The topological polar surface area (TPSA) is 86.7 Å². The molecule has 4 aliphatic rings. The largest absolute Gasteiger partial charge is 0.393 e. The van der Waals surface area contributed by atoms with E-state index in [0.717, 1.165) is 38.5 Å². The molecule has 0 spiro atoms. The van der Waals surface area contributed by atoms with Gasteiger partial charge in [-0.1, -0.05) is 25.5 Å². The van der Waals surface area contributed by atoms with Crippen LogP contribution in [-0.4, -0.2) is 39.7 Å². The Hall–Kier alpha value is -0.420. The summed E-state index contributed by atoms with van der Waals surface area (Å²) >= 11 is 0. The number of hydrogen-bond donors (Lipinski definition) is 4. The van der Waals surface area contributed by atoms with Crippen molar-refractivity contribution < 1.29 is 15.3 Å². The second-order valence-corrected chi connectivity index (χ2v) is 9.54. The van der Waals surface area contributed by atoms with Crippen molar-refractivity contribution in [3.63, 3.8) is 0 Å². The van der Waals surface area contributed by atoms with Crippen LogP contribution in [-0.2, 0) is 0 Å². The Kier molecular flexibility index (Phi) is 3.75. The van der Waals surface area contributed by atoms with Crippen LogP contribution in [0.4, 0.5) is 0 Å². The number of allylic oxidation sites excluding steroid dienone is 1. The Labute approximate surface area is 145 Å².